The molecule has 6 rings (SSSR count). The summed E-state index contributed by atoms with van der Waals surface area (Å²) in [7, 11) is 11.1. The molecule has 5 heterocycles. The van der Waals surface area contributed by atoms with Gasteiger partial charge < -0.3 is 29.5 Å². The molecule has 5 unspecified atom stereocenters. The second-order valence-corrected chi connectivity index (χ2v) is 14.8. The van der Waals surface area contributed by atoms with Crippen molar-refractivity contribution >= 4 is 70.3 Å². The highest BCUT2D eigenvalue weighted by atomic mass is 35.5. The number of halogens is 1. The molecule has 32 heavy (non-hydrogen) atoms. The third-order valence-corrected chi connectivity index (χ3v) is 14.4. The van der Waals surface area contributed by atoms with Gasteiger partial charge in [0.15, 0.2) is 22.0 Å². The molecule has 2 amide bonds. The average Bonchev–Trinajstić information content (AvgIpc) is 3.10. The lowest BCUT2D eigenvalue weighted by molar-refractivity contribution is -0.166. The predicted molar refractivity (Wildman–Crippen MR) is 128 cm³/mol. The molecular formula is C18H20ClN3O6S4. The van der Waals surface area contributed by atoms with Gasteiger partial charge in [0.05, 0.1) is 24.9 Å². The number of aliphatic hydroxyl groups excluding tert-OH is 1. The Labute approximate surface area is 204 Å². The van der Waals surface area contributed by atoms with Crippen LogP contribution in [0.4, 0.5) is 5.69 Å². The van der Waals surface area contributed by atoms with Crippen molar-refractivity contribution in [2.45, 2.75) is 34.5 Å². The summed E-state index contributed by atoms with van der Waals surface area (Å²) < 4.78 is 11.0. The molecule has 5 aliphatic rings. The zero-order chi connectivity index (χ0) is 23.4. The minimum atomic E-state index is -2.00. The largest absolute Gasteiger partial charge is 0.491 e. The van der Waals surface area contributed by atoms with Gasteiger partial charge in [-0.3, -0.25) is 14.5 Å². The van der Waals surface area contributed by atoms with Crippen LogP contribution in [0.1, 0.15) is 12.5 Å². The quantitative estimate of drug-likeness (QED) is 0.542. The topological polar surface area (TPSA) is 103 Å². The average molecular weight is 538 g/mol. The minimum Gasteiger partial charge on any atom is -0.491 e. The maximum absolute atomic E-state index is 13.9. The van der Waals surface area contributed by atoms with Crippen molar-refractivity contribution < 1.29 is 29.3 Å². The molecule has 174 valence electrons. The molecule has 4 saturated heterocycles. The number of aliphatic hydroxyl groups is 2. The van der Waals surface area contributed by atoms with Gasteiger partial charge in [0, 0.05) is 19.7 Å². The van der Waals surface area contributed by atoms with Crippen LogP contribution in [0.2, 0.25) is 5.02 Å². The number of likely N-dealkylation sites (N-methyl/N-ethyl adjacent to an activating group) is 2. The van der Waals surface area contributed by atoms with E-state index in [-0.39, 0.29) is 28.0 Å². The maximum atomic E-state index is 13.9. The molecule has 1 aromatic rings. The van der Waals surface area contributed by atoms with Gasteiger partial charge in [0.25, 0.3) is 11.8 Å². The van der Waals surface area contributed by atoms with Crippen LogP contribution in [-0.4, -0.2) is 82.2 Å². The van der Waals surface area contributed by atoms with Crippen molar-refractivity contribution in [2.24, 2.45) is 0 Å². The molecular weight excluding hydrogens is 518 g/mol. The number of benzene rings is 1. The fraction of sp³-hybridized carbons (Fsp3) is 0.556. The van der Waals surface area contributed by atoms with Crippen LogP contribution < -0.4 is 14.4 Å². The van der Waals surface area contributed by atoms with Gasteiger partial charge in [-0.15, -0.1) is 0 Å². The van der Waals surface area contributed by atoms with Crippen molar-refractivity contribution in [3.8, 4) is 11.5 Å². The molecule has 5 atom stereocenters. The zero-order valence-electron chi connectivity index (χ0n) is 17.6. The van der Waals surface area contributed by atoms with Crippen molar-refractivity contribution in [1.82, 2.24) is 9.80 Å². The summed E-state index contributed by atoms with van der Waals surface area (Å²) in [6, 6.07) is 1.50. The molecule has 1 spiro atoms. The predicted octanol–water partition coefficient (Wildman–Crippen LogP) is 2.10. The molecule has 4 fully saturated rings. The van der Waals surface area contributed by atoms with Crippen molar-refractivity contribution in [3.63, 3.8) is 0 Å². The van der Waals surface area contributed by atoms with Gasteiger partial charge >= 0.3 is 0 Å². The fourth-order valence-corrected chi connectivity index (χ4v) is 13.1. The van der Waals surface area contributed by atoms with Crippen LogP contribution in [-0.2, 0) is 15.2 Å². The van der Waals surface area contributed by atoms with E-state index in [1.165, 1.54) is 60.5 Å². The summed E-state index contributed by atoms with van der Waals surface area (Å²) >= 11 is 6.44. The Morgan fingerprint density at radius 3 is 2.34 bits per heavy atom. The maximum Gasteiger partial charge on any atom is 0.264 e. The highest BCUT2D eigenvalue weighted by Gasteiger charge is 2.80. The van der Waals surface area contributed by atoms with Gasteiger partial charge in [0.1, 0.15) is 12.3 Å². The lowest BCUT2D eigenvalue weighted by Crippen LogP contribution is -2.75. The third-order valence-electron chi connectivity index (χ3n) is 6.76. The summed E-state index contributed by atoms with van der Waals surface area (Å²) in [5, 5.41) is 24.0. The van der Waals surface area contributed by atoms with E-state index in [0.717, 1.165) is 10.8 Å². The van der Waals surface area contributed by atoms with Crippen LogP contribution in [0.5, 0.6) is 11.5 Å². The van der Waals surface area contributed by atoms with Crippen molar-refractivity contribution in [3.05, 3.63) is 16.7 Å². The first-order valence-corrected chi connectivity index (χ1v) is 14.6. The number of rotatable bonds is 2. The number of hydrogen-bond donors (Lipinski definition) is 2. The Balaban J connectivity index is 1.82. The molecule has 9 nitrogen and oxygen atoms in total. The van der Waals surface area contributed by atoms with Gasteiger partial charge in [-0.2, -0.15) is 0 Å². The zero-order valence-corrected chi connectivity index (χ0v) is 21.6. The number of carbonyl (C=O) groups excluding carboxylic acids is 2. The Hall–Kier alpha value is -0.830. The van der Waals surface area contributed by atoms with Crippen molar-refractivity contribution in [1.29, 1.82) is 0 Å². The second kappa shape index (κ2) is 7.09. The Morgan fingerprint density at radius 2 is 1.72 bits per heavy atom. The number of carbonyl (C=O) groups is 2. The number of ether oxygens (including phenoxy) is 2. The molecule has 2 N–H and O–H groups in total. The van der Waals surface area contributed by atoms with Crippen molar-refractivity contribution in [2.75, 3.05) is 33.2 Å². The monoisotopic (exact) mass is 537 g/mol. The molecule has 1 aromatic carbocycles. The van der Waals surface area contributed by atoms with Crippen LogP contribution in [0.15, 0.2) is 6.07 Å². The van der Waals surface area contributed by atoms with E-state index in [9.17, 15) is 19.8 Å². The lowest BCUT2D eigenvalue weighted by atomic mass is 9.87. The first kappa shape index (κ1) is 22.9. The van der Waals surface area contributed by atoms with E-state index in [0.29, 0.717) is 5.69 Å². The van der Waals surface area contributed by atoms with Crippen LogP contribution in [0, 0.1) is 0 Å². The number of nitrogens with zero attached hydrogens (tertiary/aromatic N) is 3. The van der Waals surface area contributed by atoms with E-state index in [1.54, 1.807) is 25.9 Å². The Morgan fingerprint density at radius 1 is 1.09 bits per heavy atom. The molecule has 5 aliphatic heterocycles. The van der Waals surface area contributed by atoms with Gasteiger partial charge in [-0.25, -0.2) is 0 Å². The van der Waals surface area contributed by atoms with E-state index >= 15 is 0 Å². The summed E-state index contributed by atoms with van der Waals surface area (Å²) in [6.45, 7) is 1.68. The molecule has 14 heteroatoms. The summed E-state index contributed by atoms with van der Waals surface area (Å²) in [6.07, 6.45) is -2.70. The summed E-state index contributed by atoms with van der Waals surface area (Å²) in [4.78, 5) is 29.1. The fourth-order valence-electron chi connectivity index (χ4n) is 5.10. The van der Waals surface area contributed by atoms with Crippen LogP contribution in [0.3, 0.4) is 0 Å². The molecule has 0 saturated carbocycles. The standard InChI is InChI=1S/C18H20ClN3O6S4/c1-16-14(24)22-13-17(26,12(23)18(22,15(25)21(16)3)30-32-31-29-16)7-6-8(19)10(27-4)11(28-5)9(7)20(13)2/h6,12-13,23,26H,1-5H3. The number of fused-ring (bicyclic) bond motifs is 7. The number of piperazine rings is 1. The smallest absolute Gasteiger partial charge is 0.264 e. The SMILES string of the molecule is COc1c(Cl)cc2c(c1OC)N(C)C1N3C(=O)C4(C)SSSSC3(C(=O)N4C)C(O)C21O. The molecule has 2 bridgehead atoms. The summed E-state index contributed by atoms with van der Waals surface area (Å²) in [5.41, 5.74) is -1.30. The molecule has 0 radical (unpaired) electrons. The Bertz CT molecular complexity index is 1070. The van der Waals surface area contributed by atoms with E-state index in [4.69, 9.17) is 21.1 Å². The summed E-state index contributed by atoms with van der Waals surface area (Å²) in [5.74, 6) is -0.274. The Kier molecular flexibility index (Phi) is 5.08. The highest BCUT2D eigenvalue weighted by molar-refractivity contribution is 9.26. The molecule has 0 aromatic heterocycles. The lowest BCUT2D eigenvalue weighted by Gasteiger charge is -2.54. The van der Waals surface area contributed by atoms with Crippen LogP contribution in [0.25, 0.3) is 0 Å². The first-order valence-electron chi connectivity index (χ1n) is 9.43. The van der Waals surface area contributed by atoms with Gasteiger partial charge in [-0.05, 0) is 54.2 Å². The third kappa shape index (κ3) is 2.31. The van der Waals surface area contributed by atoms with E-state index in [2.05, 4.69) is 0 Å². The highest BCUT2D eigenvalue weighted by Crippen LogP contribution is 2.69. The second-order valence-electron chi connectivity index (χ2n) is 8.05. The number of amides is 2. The number of methoxy groups -OCH3 is 2. The minimum absolute atomic E-state index is 0.175. The first-order chi connectivity index (χ1) is 15.0. The molecule has 0 aliphatic carbocycles. The number of anilines is 1. The van der Waals surface area contributed by atoms with E-state index in [1.807, 2.05) is 0 Å². The number of hydrogen-bond acceptors (Lipinski definition) is 11. The van der Waals surface area contributed by atoms with Crippen LogP contribution >= 0.6 is 52.8 Å². The van der Waals surface area contributed by atoms with Gasteiger partial charge in [0.2, 0.25) is 4.87 Å². The van der Waals surface area contributed by atoms with E-state index < -0.39 is 33.5 Å². The normalized spacial score (nSPS) is 37.8. The van der Waals surface area contributed by atoms with Gasteiger partial charge in [-0.1, -0.05) is 11.6 Å².